The molecule has 1 unspecified atom stereocenters. The van der Waals surface area contributed by atoms with Gasteiger partial charge in [-0.3, -0.25) is 0 Å². The molecule has 0 aliphatic rings. The topological polar surface area (TPSA) is 20.2 Å². The molecule has 0 aromatic heterocycles. The summed E-state index contributed by atoms with van der Waals surface area (Å²) in [4.78, 5) is 0. The molecule has 1 nitrogen and oxygen atoms in total. The van der Waals surface area contributed by atoms with E-state index in [1.807, 2.05) is 6.92 Å². The predicted octanol–water partition coefficient (Wildman–Crippen LogP) is 4.01. The second-order valence-electron chi connectivity index (χ2n) is 4.78. The molecule has 17 heavy (non-hydrogen) atoms. The summed E-state index contributed by atoms with van der Waals surface area (Å²) in [5, 5.41) is 9.90. The van der Waals surface area contributed by atoms with Crippen molar-refractivity contribution in [3.05, 3.63) is 35.1 Å². The molecule has 2 heteroatoms. The lowest BCUT2D eigenvalue weighted by molar-refractivity contribution is 0.160. The van der Waals surface area contributed by atoms with Crippen molar-refractivity contribution in [2.45, 2.75) is 58.5 Å². The minimum Gasteiger partial charge on any atom is -0.393 e. The smallest absolute Gasteiger partial charge is 0.123 e. The first-order chi connectivity index (χ1) is 8.13. The SMILES string of the molecule is CCCCCCC(O)Cc1ccc(F)cc1C. The van der Waals surface area contributed by atoms with Crippen molar-refractivity contribution in [3.63, 3.8) is 0 Å². The third-order valence-corrected chi connectivity index (χ3v) is 3.15. The van der Waals surface area contributed by atoms with Crippen molar-refractivity contribution in [1.29, 1.82) is 0 Å². The molecule has 0 radical (unpaired) electrons. The second kappa shape index (κ2) is 7.44. The summed E-state index contributed by atoms with van der Waals surface area (Å²) in [5.74, 6) is -0.205. The van der Waals surface area contributed by atoms with Crippen LogP contribution in [0, 0.1) is 12.7 Å². The van der Waals surface area contributed by atoms with Crippen LogP contribution in [0.15, 0.2) is 18.2 Å². The van der Waals surface area contributed by atoms with Gasteiger partial charge in [0.15, 0.2) is 0 Å². The van der Waals surface area contributed by atoms with E-state index in [-0.39, 0.29) is 11.9 Å². The number of hydrogen-bond acceptors (Lipinski definition) is 1. The Morgan fingerprint density at radius 1 is 1.24 bits per heavy atom. The van der Waals surface area contributed by atoms with Crippen molar-refractivity contribution in [1.82, 2.24) is 0 Å². The zero-order valence-electron chi connectivity index (χ0n) is 10.9. The maximum atomic E-state index is 12.9. The number of rotatable bonds is 7. The average Bonchev–Trinajstić information content (AvgIpc) is 2.28. The third kappa shape index (κ3) is 5.31. The van der Waals surface area contributed by atoms with E-state index in [1.165, 1.54) is 31.4 Å². The zero-order valence-corrected chi connectivity index (χ0v) is 10.9. The van der Waals surface area contributed by atoms with Crippen LogP contribution >= 0.6 is 0 Å². The second-order valence-corrected chi connectivity index (χ2v) is 4.78. The minimum absolute atomic E-state index is 0.205. The van der Waals surface area contributed by atoms with Crippen molar-refractivity contribution >= 4 is 0 Å². The van der Waals surface area contributed by atoms with Crippen LogP contribution in [0.4, 0.5) is 4.39 Å². The normalized spacial score (nSPS) is 12.7. The lowest BCUT2D eigenvalue weighted by atomic mass is 9.99. The van der Waals surface area contributed by atoms with E-state index in [4.69, 9.17) is 0 Å². The molecular weight excluding hydrogens is 215 g/mol. The Hall–Kier alpha value is -0.890. The first-order valence-corrected chi connectivity index (χ1v) is 6.56. The fourth-order valence-electron chi connectivity index (χ4n) is 2.05. The molecule has 0 saturated heterocycles. The standard InChI is InChI=1S/C15H23FO/c1-3-4-5-6-7-15(17)11-13-8-9-14(16)10-12(13)2/h8-10,15,17H,3-7,11H2,1-2H3. The van der Waals surface area contributed by atoms with Crippen molar-refractivity contribution in [2.75, 3.05) is 0 Å². The van der Waals surface area contributed by atoms with Crippen molar-refractivity contribution < 1.29 is 9.50 Å². The van der Waals surface area contributed by atoms with Gasteiger partial charge in [0.2, 0.25) is 0 Å². The zero-order chi connectivity index (χ0) is 12.7. The Labute approximate surface area is 104 Å². The van der Waals surface area contributed by atoms with Gasteiger partial charge in [0, 0.05) is 0 Å². The molecule has 1 atom stereocenters. The predicted molar refractivity (Wildman–Crippen MR) is 69.6 cm³/mol. The van der Waals surface area contributed by atoms with Gasteiger partial charge in [0.1, 0.15) is 5.82 Å². The summed E-state index contributed by atoms with van der Waals surface area (Å²) in [7, 11) is 0. The fourth-order valence-corrected chi connectivity index (χ4v) is 2.05. The Kier molecular flexibility index (Phi) is 6.20. The first kappa shape index (κ1) is 14.2. The largest absolute Gasteiger partial charge is 0.393 e. The van der Waals surface area contributed by atoms with E-state index in [0.29, 0.717) is 6.42 Å². The van der Waals surface area contributed by atoms with Crippen molar-refractivity contribution in [3.8, 4) is 0 Å². The Morgan fingerprint density at radius 2 is 2.00 bits per heavy atom. The number of benzene rings is 1. The Morgan fingerprint density at radius 3 is 2.65 bits per heavy atom. The van der Waals surface area contributed by atoms with Crippen molar-refractivity contribution in [2.24, 2.45) is 0 Å². The van der Waals surface area contributed by atoms with Gasteiger partial charge in [-0.1, -0.05) is 38.7 Å². The van der Waals surface area contributed by atoms with Crippen LogP contribution in [0.1, 0.15) is 50.2 Å². The molecule has 1 aromatic carbocycles. The van der Waals surface area contributed by atoms with E-state index in [2.05, 4.69) is 6.92 Å². The van der Waals surface area contributed by atoms with Crippen LogP contribution in [-0.4, -0.2) is 11.2 Å². The number of aliphatic hydroxyl groups is 1. The summed E-state index contributed by atoms with van der Waals surface area (Å²) in [6.07, 6.45) is 5.91. The molecule has 0 aliphatic heterocycles. The molecule has 0 saturated carbocycles. The van der Waals surface area contributed by atoms with Gasteiger partial charge < -0.3 is 5.11 Å². The van der Waals surface area contributed by atoms with Crippen LogP contribution in [0.3, 0.4) is 0 Å². The molecule has 0 amide bonds. The highest BCUT2D eigenvalue weighted by molar-refractivity contribution is 5.27. The monoisotopic (exact) mass is 238 g/mol. The highest BCUT2D eigenvalue weighted by atomic mass is 19.1. The number of unbranched alkanes of at least 4 members (excludes halogenated alkanes) is 3. The minimum atomic E-state index is -0.295. The molecule has 0 fully saturated rings. The maximum Gasteiger partial charge on any atom is 0.123 e. The third-order valence-electron chi connectivity index (χ3n) is 3.15. The van der Waals surface area contributed by atoms with Crippen LogP contribution in [0.2, 0.25) is 0 Å². The highest BCUT2D eigenvalue weighted by Gasteiger charge is 2.08. The van der Waals surface area contributed by atoms with Gasteiger partial charge >= 0.3 is 0 Å². The van der Waals surface area contributed by atoms with E-state index >= 15 is 0 Å². The summed E-state index contributed by atoms with van der Waals surface area (Å²) >= 11 is 0. The summed E-state index contributed by atoms with van der Waals surface area (Å²) in [6, 6.07) is 4.77. The van der Waals surface area contributed by atoms with E-state index < -0.39 is 0 Å². The van der Waals surface area contributed by atoms with Crippen LogP contribution < -0.4 is 0 Å². The fraction of sp³-hybridized carbons (Fsp3) is 0.600. The van der Waals surface area contributed by atoms with Gasteiger partial charge in [-0.2, -0.15) is 0 Å². The quantitative estimate of drug-likeness (QED) is 0.712. The van der Waals surface area contributed by atoms with E-state index in [9.17, 15) is 9.50 Å². The van der Waals surface area contributed by atoms with Crippen LogP contribution in [0.5, 0.6) is 0 Å². The van der Waals surface area contributed by atoms with Crippen LogP contribution in [0.25, 0.3) is 0 Å². The number of aryl methyl sites for hydroxylation is 1. The lowest BCUT2D eigenvalue weighted by Crippen LogP contribution is -2.11. The maximum absolute atomic E-state index is 12.9. The average molecular weight is 238 g/mol. The molecule has 1 aromatic rings. The lowest BCUT2D eigenvalue weighted by Gasteiger charge is -2.12. The van der Waals surface area contributed by atoms with Gasteiger partial charge in [0.25, 0.3) is 0 Å². The van der Waals surface area contributed by atoms with Gasteiger partial charge in [0.05, 0.1) is 6.10 Å². The summed E-state index contributed by atoms with van der Waals surface area (Å²) in [5.41, 5.74) is 1.98. The van der Waals surface area contributed by atoms with E-state index in [1.54, 1.807) is 6.07 Å². The summed E-state index contributed by atoms with van der Waals surface area (Å²) in [6.45, 7) is 4.07. The molecular formula is C15H23FO. The van der Waals surface area contributed by atoms with Crippen LogP contribution in [-0.2, 0) is 6.42 Å². The van der Waals surface area contributed by atoms with Gasteiger partial charge in [-0.25, -0.2) is 4.39 Å². The Balaban J connectivity index is 2.37. The molecule has 1 N–H and O–H groups in total. The summed E-state index contributed by atoms with van der Waals surface area (Å²) < 4.78 is 12.9. The molecule has 0 bridgehead atoms. The first-order valence-electron chi connectivity index (χ1n) is 6.56. The Bertz CT molecular complexity index is 336. The van der Waals surface area contributed by atoms with Gasteiger partial charge in [-0.15, -0.1) is 0 Å². The molecule has 1 rings (SSSR count). The number of aliphatic hydroxyl groups excluding tert-OH is 1. The van der Waals surface area contributed by atoms with E-state index in [0.717, 1.165) is 24.0 Å². The molecule has 96 valence electrons. The number of hydrogen-bond donors (Lipinski definition) is 1. The highest BCUT2D eigenvalue weighted by Crippen LogP contribution is 2.15. The number of halogens is 1. The molecule has 0 aliphatic carbocycles. The van der Waals surface area contributed by atoms with Gasteiger partial charge in [-0.05, 0) is 43.0 Å². The molecule has 0 heterocycles. The molecule has 0 spiro atoms.